The third-order valence-corrected chi connectivity index (χ3v) is 3.45. The van der Waals surface area contributed by atoms with Crippen LogP contribution in [-0.4, -0.2) is 23.8 Å². The average molecular weight is 331 g/mol. The number of oxazole rings is 1. The maximum atomic E-state index is 13.4. The van der Waals surface area contributed by atoms with Crippen molar-refractivity contribution in [3.8, 4) is 5.75 Å². The van der Waals surface area contributed by atoms with Crippen LogP contribution in [0, 0.1) is 5.82 Å². The standard InChI is InChI=1S/C17H14FNO5/c1-19-13-7-4-5-11(15(13)24-17(19)21)16(20)23-10-9-22-14-8-3-2-6-12(14)18/h2-8H,9-10H2,1H3. The van der Waals surface area contributed by atoms with Crippen LogP contribution < -0.4 is 10.5 Å². The zero-order valence-electron chi connectivity index (χ0n) is 12.8. The molecular formula is C17H14FNO5. The van der Waals surface area contributed by atoms with Gasteiger partial charge in [-0.05, 0) is 24.3 Å². The maximum absolute atomic E-state index is 13.4. The molecule has 0 spiro atoms. The minimum absolute atomic E-state index is 0.00138. The molecule has 0 fully saturated rings. The Kier molecular flexibility index (Phi) is 4.33. The minimum Gasteiger partial charge on any atom is -0.487 e. The molecule has 0 saturated carbocycles. The van der Waals surface area contributed by atoms with E-state index in [0.29, 0.717) is 5.52 Å². The van der Waals surface area contributed by atoms with Gasteiger partial charge in [0.25, 0.3) is 0 Å². The molecule has 1 aromatic heterocycles. The van der Waals surface area contributed by atoms with E-state index in [1.54, 1.807) is 31.3 Å². The van der Waals surface area contributed by atoms with Crippen molar-refractivity contribution in [2.24, 2.45) is 7.05 Å². The molecule has 0 radical (unpaired) electrons. The number of carbonyl (C=O) groups is 1. The van der Waals surface area contributed by atoms with E-state index in [-0.39, 0.29) is 30.1 Å². The molecule has 3 aromatic rings. The van der Waals surface area contributed by atoms with E-state index in [4.69, 9.17) is 13.9 Å². The summed E-state index contributed by atoms with van der Waals surface area (Å²) < 4.78 is 30.0. The van der Waals surface area contributed by atoms with E-state index < -0.39 is 17.5 Å². The van der Waals surface area contributed by atoms with Crippen molar-refractivity contribution in [3.05, 3.63) is 64.4 Å². The fourth-order valence-corrected chi connectivity index (χ4v) is 2.24. The van der Waals surface area contributed by atoms with Gasteiger partial charge in [-0.1, -0.05) is 18.2 Å². The molecule has 0 aliphatic heterocycles. The van der Waals surface area contributed by atoms with Crippen LogP contribution in [0.1, 0.15) is 10.4 Å². The topological polar surface area (TPSA) is 70.7 Å². The van der Waals surface area contributed by atoms with Crippen LogP contribution in [0.2, 0.25) is 0 Å². The van der Waals surface area contributed by atoms with E-state index in [1.165, 1.54) is 22.8 Å². The Labute approximate surface area is 136 Å². The number of hydrogen-bond donors (Lipinski definition) is 0. The predicted molar refractivity (Wildman–Crippen MR) is 83.6 cm³/mol. The Bertz CT molecular complexity index is 944. The zero-order valence-corrected chi connectivity index (χ0v) is 12.8. The van der Waals surface area contributed by atoms with Crippen LogP contribution in [0.25, 0.3) is 11.1 Å². The molecule has 0 aliphatic rings. The summed E-state index contributed by atoms with van der Waals surface area (Å²) in [5, 5.41) is 0. The molecule has 3 rings (SSSR count). The summed E-state index contributed by atoms with van der Waals surface area (Å²) in [4.78, 5) is 23.7. The second kappa shape index (κ2) is 6.57. The van der Waals surface area contributed by atoms with Crippen molar-refractivity contribution in [2.75, 3.05) is 13.2 Å². The molecule has 1 heterocycles. The van der Waals surface area contributed by atoms with Crippen LogP contribution >= 0.6 is 0 Å². The zero-order chi connectivity index (χ0) is 17.1. The van der Waals surface area contributed by atoms with Gasteiger partial charge in [-0.15, -0.1) is 0 Å². The number of benzene rings is 2. The molecule has 0 amide bonds. The van der Waals surface area contributed by atoms with Crippen LogP contribution in [0.5, 0.6) is 5.75 Å². The number of halogens is 1. The van der Waals surface area contributed by atoms with Crippen molar-refractivity contribution in [2.45, 2.75) is 0 Å². The number of aryl methyl sites for hydroxylation is 1. The molecule has 0 atom stereocenters. The average Bonchev–Trinajstić information content (AvgIpc) is 2.87. The molecule has 0 N–H and O–H groups in total. The molecule has 7 heteroatoms. The number of para-hydroxylation sites is 2. The predicted octanol–water partition coefficient (Wildman–Crippen LogP) is 2.51. The third kappa shape index (κ3) is 3.01. The van der Waals surface area contributed by atoms with E-state index in [9.17, 15) is 14.0 Å². The first-order valence-electron chi connectivity index (χ1n) is 7.21. The fourth-order valence-electron chi connectivity index (χ4n) is 2.24. The summed E-state index contributed by atoms with van der Waals surface area (Å²) in [5.41, 5.74) is 0.818. The highest BCUT2D eigenvalue weighted by Gasteiger charge is 2.17. The van der Waals surface area contributed by atoms with Gasteiger partial charge in [0.2, 0.25) is 0 Å². The number of carbonyl (C=O) groups excluding carboxylic acids is 1. The third-order valence-electron chi connectivity index (χ3n) is 3.45. The van der Waals surface area contributed by atoms with Crippen molar-refractivity contribution in [1.29, 1.82) is 0 Å². The lowest BCUT2D eigenvalue weighted by atomic mass is 10.2. The Morgan fingerprint density at radius 3 is 2.75 bits per heavy atom. The lowest BCUT2D eigenvalue weighted by Gasteiger charge is -2.08. The molecule has 2 aromatic carbocycles. The van der Waals surface area contributed by atoms with Crippen molar-refractivity contribution in [1.82, 2.24) is 4.57 Å². The van der Waals surface area contributed by atoms with Gasteiger partial charge in [0, 0.05) is 7.05 Å². The SMILES string of the molecule is Cn1c(=O)oc2c(C(=O)OCCOc3ccccc3F)cccc21. The number of ether oxygens (including phenoxy) is 2. The lowest BCUT2D eigenvalue weighted by Crippen LogP contribution is -2.13. The summed E-state index contributed by atoms with van der Waals surface area (Å²) in [7, 11) is 1.55. The lowest BCUT2D eigenvalue weighted by molar-refractivity contribution is 0.0449. The normalized spacial score (nSPS) is 10.8. The highest BCUT2D eigenvalue weighted by atomic mass is 19.1. The van der Waals surface area contributed by atoms with Gasteiger partial charge < -0.3 is 13.9 Å². The minimum atomic E-state index is -0.646. The van der Waals surface area contributed by atoms with Gasteiger partial charge in [-0.25, -0.2) is 14.0 Å². The Balaban J connectivity index is 1.65. The molecule has 0 saturated heterocycles. The van der Waals surface area contributed by atoms with E-state index in [1.807, 2.05) is 0 Å². The quantitative estimate of drug-likeness (QED) is 0.531. The number of aromatic nitrogens is 1. The first-order valence-corrected chi connectivity index (χ1v) is 7.21. The summed E-state index contributed by atoms with van der Waals surface area (Å²) >= 11 is 0. The van der Waals surface area contributed by atoms with Crippen LogP contribution in [-0.2, 0) is 11.8 Å². The van der Waals surface area contributed by atoms with E-state index in [0.717, 1.165) is 0 Å². The van der Waals surface area contributed by atoms with Crippen LogP contribution in [0.4, 0.5) is 4.39 Å². The molecule has 24 heavy (non-hydrogen) atoms. The molecule has 6 nitrogen and oxygen atoms in total. The fraction of sp³-hybridized carbons (Fsp3) is 0.176. The van der Waals surface area contributed by atoms with Crippen molar-refractivity contribution >= 4 is 17.1 Å². The first-order chi connectivity index (χ1) is 11.6. The van der Waals surface area contributed by atoms with Gasteiger partial charge in [-0.2, -0.15) is 0 Å². The number of fused-ring (bicyclic) bond motifs is 1. The maximum Gasteiger partial charge on any atom is 0.419 e. The Hall–Kier alpha value is -3.09. The first kappa shape index (κ1) is 15.8. The largest absolute Gasteiger partial charge is 0.487 e. The number of rotatable bonds is 5. The highest BCUT2D eigenvalue weighted by Crippen LogP contribution is 2.18. The van der Waals surface area contributed by atoms with Crippen LogP contribution in [0.3, 0.4) is 0 Å². The summed E-state index contributed by atoms with van der Waals surface area (Å²) in [5.74, 6) is -1.61. The van der Waals surface area contributed by atoms with Crippen LogP contribution in [0.15, 0.2) is 51.7 Å². The smallest absolute Gasteiger partial charge is 0.419 e. The summed E-state index contributed by atoms with van der Waals surface area (Å²) in [6, 6.07) is 10.8. The van der Waals surface area contributed by atoms with Gasteiger partial charge in [-0.3, -0.25) is 4.57 Å². The van der Waals surface area contributed by atoms with Crippen molar-refractivity contribution in [3.63, 3.8) is 0 Å². The monoisotopic (exact) mass is 331 g/mol. The molecule has 0 bridgehead atoms. The number of esters is 1. The second-order valence-electron chi connectivity index (χ2n) is 5.00. The van der Waals surface area contributed by atoms with Gasteiger partial charge in [0.15, 0.2) is 17.1 Å². The summed E-state index contributed by atoms with van der Waals surface area (Å²) in [6.45, 7) is -0.0675. The summed E-state index contributed by atoms with van der Waals surface area (Å²) in [6.07, 6.45) is 0. The Morgan fingerprint density at radius 2 is 1.96 bits per heavy atom. The van der Waals surface area contributed by atoms with Gasteiger partial charge in [0.1, 0.15) is 18.8 Å². The van der Waals surface area contributed by atoms with Gasteiger partial charge in [0.05, 0.1) is 5.52 Å². The molecule has 124 valence electrons. The highest BCUT2D eigenvalue weighted by molar-refractivity contribution is 6.01. The molecule has 0 unspecified atom stereocenters. The van der Waals surface area contributed by atoms with Gasteiger partial charge >= 0.3 is 11.7 Å². The number of nitrogens with zero attached hydrogens (tertiary/aromatic N) is 1. The second-order valence-corrected chi connectivity index (χ2v) is 5.00. The molecule has 0 aliphatic carbocycles. The van der Waals surface area contributed by atoms with Crippen molar-refractivity contribution < 1.29 is 23.1 Å². The Morgan fingerprint density at radius 1 is 1.17 bits per heavy atom. The molecular weight excluding hydrogens is 317 g/mol. The van der Waals surface area contributed by atoms with E-state index >= 15 is 0 Å². The number of hydrogen-bond acceptors (Lipinski definition) is 5. The van der Waals surface area contributed by atoms with E-state index in [2.05, 4.69) is 0 Å².